The van der Waals surface area contributed by atoms with Crippen molar-refractivity contribution in [2.45, 2.75) is 19.4 Å². The number of para-hydroxylation sites is 1. The summed E-state index contributed by atoms with van der Waals surface area (Å²) < 4.78 is 5.42. The number of pyridine rings is 1. The quantitative estimate of drug-likeness (QED) is 0.730. The maximum atomic E-state index is 12.6. The van der Waals surface area contributed by atoms with Crippen LogP contribution >= 0.6 is 0 Å². The van der Waals surface area contributed by atoms with Gasteiger partial charge in [0.25, 0.3) is 5.91 Å². The Labute approximate surface area is 153 Å². The fraction of sp³-hybridized carbons (Fsp3) is 0.182. The number of hydrogen-bond acceptors (Lipinski definition) is 3. The van der Waals surface area contributed by atoms with Crippen molar-refractivity contribution < 1.29 is 9.53 Å². The summed E-state index contributed by atoms with van der Waals surface area (Å²) in [4.78, 5) is 16.9. The smallest absolute Gasteiger partial charge is 0.251 e. The molecule has 3 rings (SSSR count). The maximum absolute atomic E-state index is 12.6. The topological polar surface area (TPSA) is 51.2 Å². The molecule has 0 aliphatic heterocycles. The molecule has 0 aliphatic rings. The second-order valence-corrected chi connectivity index (χ2v) is 6.18. The van der Waals surface area contributed by atoms with Crippen LogP contribution in [0.3, 0.4) is 0 Å². The van der Waals surface area contributed by atoms with Crippen molar-refractivity contribution in [3.63, 3.8) is 0 Å². The van der Waals surface area contributed by atoms with Crippen molar-refractivity contribution in [2.24, 2.45) is 0 Å². The third-order valence-electron chi connectivity index (χ3n) is 4.16. The molecule has 0 unspecified atom stereocenters. The number of benzene rings is 2. The van der Waals surface area contributed by atoms with E-state index < -0.39 is 0 Å². The van der Waals surface area contributed by atoms with Gasteiger partial charge in [0.15, 0.2) is 0 Å². The molecule has 4 nitrogen and oxygen atoms in total. The van der Waals surface area contributed by atoms with Gasteiger partial charge in [0.1, 0.15) is 5.75 Å². The standard InChI is InChI=1S/C22H22N2O2/c1-16(14-19-10-5-6-13-23-19)24-22(25)18-9-7-8-17(15-18)20-11-3-4-12-21(20)26-2/h3-13,15-16H,14H2,1-2H3,(H,24,25)/t16-/m1/s1. The minimum Gasteiger partial charge on any atom is -0.496 e. The Morgan fingerprint density at radius 1 is 1.08 bits per heavy atom. The Bertz CT molecular complexity index is 878. The Hall–Kier alpha value is -3.14. The van der Waals surface area contributed by atoms with Gasteiger partial charge in [0.05, 0.1) is 7.11 Å². The van der Waals surface area contributed by atoms with Crippen molar-refractivity contribution in [3.8, 4) is 16.9 Å². The van der Waals surface area contributed by atoms with E-state index in [4.69, 9.17) is 4.74 Å². The number of nitrogens with one attached hydrogen (secondary N) is 1. The fourth-order valence-corrected chi connectivity index (χ4v) is 2.90. The van der Waals surface area contributed by atoms with Gasteiger partial charge in [-0.05, 0) is 42.8 Å². The highest BCUT2D eigenvalue weighted by Crippen LogP contribution is 2.29. The van der Waals surface area contributed by atoms with Gasteiger partial charge < -0.3 is 10.1 Å². The number of amides is 1. The lowest BCUT2D eigenvalue weighted by Gasteiger charge is -2.14. The van der Waals surface area contributed by atoms with Gasteiger partial charge >= 0.3 is 0 Å². The Kier molecular flexibility index (Phi) is 5.64. The van der Waals surface area contributed by atoms with E-state index in [1.807, 2.05) is 73.7 Å². The largest absolute Gasteiger partial charge is 0.496 e. The number of carbonyl (C=O) groups is 1. The summed E-state index contributed by atoms with van der Waals surface area (Å²) in [5, 5.41) is 3.04. The summed E-state index contributed by atoms with van der Waals surface area (Å²) in [7, 11) is 1.65. The van der Waals surface area contributed by atoms with E-state index in [9.17, 15) is 4.79 Å². The van der Waals surface area contributed by atoms with Crippen molar-refractivity contribution >= 4 is 5.91 Å². The second kappa shape index (κ2) is 8.30. The average molecular weight is 346 g/mol. The molecular weight excluding hydrogens is 324 g/mol. The van der Waals surface area contributed by atoms with Crippen LogP contribution in [0.2, 0.25) is 0 Å². The Morgan fingerprint density at radius 2 is 1.88 bits per heavy atom. The summed E-state index contributed by atoms with van der Waals surface area (Å²) >= 11 is 0. The summed E-state index contributed by atoms with van der Waals surface area (Å²) in [6.07, 6.45) is 2.46. The molecular formula is C22H22N2O2. The van der Waals surface area contributed by atoms with Crippen LogP contribution in [0.5, 0.6) is 5.75 Å². The molecule has 0 saturated heterocycles. The molecule has 1 aromatic heterocycles. The van der Waals surface area contributed by atoms with E-state index >= 15 is 0 Å². The lowest BCUT2D eigenvalue weighted by atomic mass is 10.0. The molecule has 4 heteroatoms. The zero-order valence-electron chi connectivity index (χ0n) is 15.0. The number of ether oxygens (including phenoxy) is 1. The third kappa shape index (κ3) is 4.28. The van der Waals surface area contributed by atoms with Crippen LogP contribution < -0.4 is 10.1 Å². The van der Waals surface area contributed by atoms with Crippen molar-refractivity contribution in [2.75, 3.05) is 7.11 Å². The molecule has 0 aliphatic carbocycles. The van der Waals surface area contributed by atoms with Gasteiger partial charge in [0.2, 0.25) is 0 Å². The lowest BCUT2D eigenvalue weighted by molar-refractivity contribution is 0.0940. The van der Waals surface area contributed by atoms with Crippen molar-refractivity contribution in [1.82, 2.24) is 10.3 Å². The number of hydrogen-bond donors (Lipinski definition) is 1. The summed E-state index contributed by atoms with van der Waals surface area (Å²) in [6.45, 7) is 1.98. The normalized spacial score (nSPS) is 11.6. The van der Waals surface area contributed by atoms with Crippen molar-refractivity contribution in [1.29, 1.82) is 0 Å². The molecule has 0 saturated carbocycles. The third-order valence-corrected chi connectivity index (χ3v) is 4.16. The van der Waals surface area contributed by atoms with E-state index in [1.54, 1.807) is 13.3 Å². The molecule has 1 N–H and O–H groups in total. The molecule has 3 aromatic rings. The van der Waals surface area contributed by atoms with E-state index in [0.29, 0.717) is 12.0 Å². The predicted octanol–water partition coefficient (Wildman–Crippen LogP) is 4.12. The Balaban J connectivity index is 1.74. The van der Waals surface area contributed by atoms with Crippen molar-refractivity contribution in [3.05, 3.63) is 84.2 Å². The van der Waals surface area contributed by atoms with Crippen LogP contribution in [-0.2, 0) is 6.42 Å². The molecule has 1 atom stereocenters. The monoisotopic (exact) mass is 346 g/mol. The van der Waals surface area contributed by atoms with E-state index in [-0.39, 0.29) is 11.9 Å². The minimum absolute atomic E-state index is 0.00711. The number of aromatic nitrogens is 1. The predicted molar refractivity (Wildman–Crippen MR) is 103 cm³/mol. The molecule has 0 radical (unpaired) electrons. The zero-order chi connectivity index (χ0) is 18.4. The fourth-order valence-electron chi connectivity index (χ4n) is 2.90. The first-order chi connectivity index (χ1) is 12.7. The lowest BCUT2D eigenvalue weighted by Crippen LogP contribution is -2.34. The van der Waals surface area contributed by atoms with E-state index in [0.717, 1.165) is 22.6 Å². The molecule has 0 fully saturated rings. The van der Waals surface area contributed by atoms with Crippen LogP contribution in [-0.4, -0.2) is 24.0 Å². The SMILES string of the molecule is COc1ccccc1-c1cccc(C(=O)N[C@H](C)Cc2ccccn2)c1. The molecule has 132 valence electrons. The number of nitrogens with zero attached hydrogens (tertiary/aromatic N) is 1. The molecule has 1 amide bonds. The van der Waals surface area contributed by atoms with Crippen LogP contribution in [0.1, 0.15) is 23.0 Å². The molecule has 0 spiro atoms. The van der Waals surface area contributed by atoms with Gasteiger partial charge in [-0.15, -0.1) is 0 Å². The second-order valence-electron chi connectivity index (χ2n) is 6.18. The first-order valence-electron chi connectivity index (χ1n) is 8.61. The molecule has 1 heterocycles. The molecule has 2 aromatic carbocycles. The van der Waals surface area contributed by atoms with E-state index in [2.05, 4.69) is 10.3 Å². The number of rotatable bonds is 6. The minimum atomic E-state index is -0.0924. The highest BCUT2D eigenvalue weighted by molar-refractivity contribution is 5.95. The summed E-state index contributed by atoms with van der Waals surface area (Å²) in [5.74, 6) is 0.693. The zero-order valence-corrected chi connectivity index (χ0v) is 15.0. The summed E-state index contributed by atoms with van der Waals surface area (Å²) in [6, 6.07) is 21.2. The molecule has 0 bridgehead atoms. The summed E-state index contributed by atoms with van der Waals surface area (Å²) in [5.41, 5.74) is 3.50. The first kappa shape index (κ1) is 17.7. The van der Waals surface area contributed by atoms with Gasteiger partial charge in [-0.1, -0.05) is 36.4 Å². The first-order valence-corrected chi connectivity index (χ1v) is 8.61. The van der Waals surface area contributed by atoms with E-state index in [1.165, 1.54) is 0 Å². The van der Waals surface area contributed by atoms with Gasteiger partial charge in [-0.3, -0.25) is 9.78 Å². The highest BCUT2D eigenvalue weighted by Gasteiger charge is 2.13. The maximum Gasteiger partial charge on any atom is 0.251 e. The average Bonchev–Trinajstić information content (AvgIpc) is 2.68. The molecule has 26 heavy (non-hydrogen) atoms. The van der Waals surface area contributed by atoms with Crippen LogP contribution in [0.15, 0.2) is 72.9 Å². The highest BCUT2D eigenvalue weighted by atomic mass is 16.5. The van der Waals surface area contributed by atoms with Crippen LogP contribution in [0.4, 0.5) is 0 Å². The van der Waals surface area contributed by atoms with Gasteiger partial charge in [-0.2, -0.15) is 0 Å². The van der Waals surface area contributed by atoms with Gasteiger partial charge in [0, 0.05) is 35.5 Å². The van der Waals surface area contributed by atoms with Crippen LogP contribution in [0, 0.1) is 0 Å². The van der Waals surface area contributed by atoms with Gasteiger partial charge in [-0.25, -0.2) is 0 Å². The Morgan fingerprint density at radius 3 is 2.65 bits per heavy atom. The number of methoxy groups -OCH3 is 1. The van der Waals surface area contributed by atoms with Crippen LogP contribution in [0.25, 0.3) is 11.1 Å². The number of carbonyl (C=O) groups excluding carboxylic acids is 1.